The van der Waals surface area contributed by atoms with Gasteiger partial charge in [-0.1, -0.05) is 30.3 Å². The Hall–Kier alpha value is -2.30. The molecule has 0 bridgehead atoms. The molecule has 0 radical (unpaired) electrons. The molecule has 0 spiro atoms. The lowest BCUT2D eigenvalue weighted by Crippen LogP contribution is -2.36. The third kappa shape index (κ3) is 2.99. The van der Waals surface area contributed by atoms with Gasteiger partial charge in [0.15, 0.2) is 0 Å². The van der Waals surface area contributed by atoms with Gasteiger partial charge in [-0.2, -0.15) is 0 Å². The second-order valence-electron chi connectivity index (χ2n) is 4.50. The van der Waals surface area contributed by atoms with Crippen molar-refractivity contribution in [1.82, 2.24) is 0 Å². The molecule has 0 saturated carbocycles. The van der Waals surface area contributed by atoms with E-state index in [4.69, 9.17) is 14.2 Å². The zero-order chi connectivity index (χ0) is 14.6. The molecule has 1 atom stereocenters. The third-order valence-electron chi connectivity index (χ3n) is 2.83. The number of hydrogen-bond donors (Lipinski definition) is 0. The summed E-state index contributed by atoms with van der Waals surface area (Å²) in [7, 11) is 0. The van der Waals surface area contributed by atoms with E-state index >= 15 is 0 Å². The van der Waals surface area contributed by atoms with E-state index in [1.54, 1.807) is 6.92 Å². The van der Waals surface area contributed by atoms with Crippen LogP contribution in [-0.2, 0) is 30.4 Å². The zero-order valence-electron chi connectivity index (χ0n) is 11.4. The Morgan fingerprint density at radius 1 is 1.30 bits per heavy atom. The van der Waals surface area contributed by atoms with Gasteiger partial charge in [-0.05, 0) is 19.4 Å². The molecule has 5 nitrogen and oxygen atoms in total. The lowest BCUT2D eigenvalue weighted by Gasteiger charge is -2.17. The van der Waals surface area contributed by atoms with Gasteiger partial charge >= 0.3 is 11.9 Å². The van der Waals surface area contributed by atoms with Crippen molar-refractivity contribution in [2.45, 2.75) is 26.1 Å². The standard InChI is InChI=1S/C15H16O5/c1-3-18-14(17)15(2)9-12(13(16)20-15)19-10-11-7-5-4-6-8-11/h4-9H,3,10H2,1-2H3. The fourth-order valence-corrected chi connectivity index (χ4v) is 1.79. The molecule has 1 aliphatic heterocycles. The SMILES string of the molecule is CCOC(=O)C1(C)C=C(OCc2ccccc2)C(=O)O1. The predicted molar refractivity (Wildman–Crippen MR) is 70.4 cm³/mol. The van der Waals surface area contributed by atoms with Crippen LogP contribution in [0.4, 0.5) is 0 Å². The Morgan fingerprint density at radius 2 is 2.00 bits per heavy atom. The molecule has 1 aromatic rings. The highest BCUT2D eigenvalue weighted by Crippen LogP contribution is 2.27. The Morgan fingerprint density at radius 3 is 2.65 bits per heavy atom. The molecule has 1 aromatic carbocycles. The van der Waals surface area contributed by atoms with Crippen molar-refractivity contribution < 1.29 is 23.8 Å². The first-order valence-corrected chi connectivity index (χ1v) is 6.35. The van der Waals surface area contributed by atoms with Gasteiger partial charge in [-0.15, -0.1) is 0 Å². The van der Waals surface area contributed by atoms with Crippen LogP contribution >= 0.6 is 0 Å². The monoisotopic (exact) mass is 276 g/mol. The first-order chi connectivity index (χ1) is 9.55. The van der Waals surface area contributed by atoms with Gasteiger partial charge in [-0.25, -0.2) is 9.59 Å². The van der Waals surface area contributed by atoms with Crippen LogP contribution < -0.4 is 0 Å². The second-order valence-corrected chi connectivity index (χ2v) is 4.50. The van der Waals surface area contributed by atoms with E-state index in [0.717, 1.165) is 5.56 Å². The normalized spacial score (nSPS) is 21.1. The van der Waals surface area contributed by atoms with Crippen molar-refractivity contribution in [3.8, 4) is 0 Å². The first kappa shape index (κ1) is 14.1. The number of carbonyl (C=O) groups is 2. The van der Waals surface area contributed by atoms with E-state index in [-0.39, 0.29) is 19.0 Å². The van der Waals surface area contributed by atoms with Crippen LogP contribution in [0.25, 0.3) is 0 Å². The van der Waals surface area contributed by atoms with Crippen LogP contribution in [0.2, 0.25) is 0 Å². The number of ether oxygens (including phenoxy) is 3. The van der Waals surface area contributed by atoms with Crippen molar-refractivity contribution >= 4 is 11.9 Å². The average molecular weight is 276 g/mol. The van der Waals surface area contributed by atoms with E-state index in [9.17, 15) is 9.59 Å². The van der Waals surface area contributed by atoms with E-state index in [1.165, 1.54) is 13.0 Å². The molecular weight excluding hydrogens is 260 g/mol. The molecule has 0 aromatic heterocycles. The van der Waals surface area contributed by atoms with Crippen molar-refractivity contribution in [2.24, 2.45) is 0 Å². The van der Waals surface area contributed by atoms with Gasteiger partial charge in [0.2, 0.25) is 11.4 Å². The van der Waals surface area contributed by atoms with Crippen LogP contribution in [-0.4, -0.2) is 24.1 Å². The maximum Gasteiger partial charge on any atom is 0.374 e. The lowest BCUT2D eigenvalue weighted by molar-refractivity contribution is -0.170. The van der Waals surface area contributed by atoms with E-state index in [1.807, 2.05) is 30.3 Å². The predicted octanol–water partition coefficient (Wildman–Crippen LogP) is 1.97. The van der Waals surface area contributed by atoms with Crippen LogP contribution in [0.1, 0.15) is 19.4 Å². The minimum atomic E-state index is -1.40. The Labute approximate surface area is 117 Å². The molecule has 1 heterocycles. The highest BCUT2D eigenvalue weighted by molar-refractivity contribution is 5.96. The number of carbonyl (C=O) groups excluding carboxylic acids is 2. The molecule has 106 valence electrons. The molecule has 0 fully saturated rings. The first-order valence-electron chi connectivity index (χ1n) is 6.35. The Balaban J connectivity index is 2.04. The van der Waals surface area contributed by atoms with Gasteiger partial charge in [0, 0.05) is 6.08 Å². The molecule has 2 rings (SSSR count). The van der Waals surface area contributed by atoms with E-state index in [2.05, 4.69) is 0 Å². The van der Waals surface area contributed by atoms with Gasteiger partial charge in [0.1, 0.15) is 6.61 Å². The third-order valence-corrected chi connectivity index (χ3v) is 2.83. The van der Waals surface area contributed by atoms with Crippen molar-refractivity contribution in [3.63, 3.8) is 0 Å². The van der Waals surface area contributed by atoms with Crippen LogP contribution in [0.5, 0.6) is 0 Å². The molecule has 1 unspecified atom stereocenters. The van der Waals surface area contributed by atoms with Gasteiger partial charge < -0.3 is 14.2 Å². The topological polar surface area (TPSA) is 61.8 Å². The molecular formula is C15H16O5. The molecule has 0 aliphatic carbocycles. The number of benzene rings is 1. The van der Waals surface area contributed by atoms with Gasteiger partial charge in [0.25, 0.3) is 0 Å². The quantitative estimate of drug-likeness (QED) is 0.769. The van der Waals surface area contributed by atoms with Crippen molar-refractivity contribution in [1.29, 1.82) is 0 Å². The van der Waals surface area contributed by atoms with E-state index < -0.39 is 17.5 Å². The smallest absolute Gasteiger partial charge is 0.374 e. The summed E-state index contributed by atoms with van der Waals surface area (Å²) in [6.07, 6.45) is 1.36. The number of cyclic esters (lactones) is 1. The Kier molecular flexibility index (Phi) is 4.08. The maximum absolute atomic E-state index is 11.7. The van der Waals surface area contributed by atoms with Gasteiger partial charge in [-0.3, -0.25) is 0 Å². The summed E-state index contributed by atoms with van der Waals surface area (Å²) in [6, 6.07) is 9.41. The number of hydrogen-bond acceptors (Lipinski definition) is 5. The summed E-state index contributed by atoms with van der Waals surface area (Å²) < 4.78 is 15.3. The fraction of sp³-hybridized carbons (Fsp3) is 0.333. The molecule has 20 heavy (non-hydrogen) atoms. The summed E-state index contributed by atoms with van der Waals surface area (Å²) in [4.78, 5) is 23.4. The van der Waals surface area contributed by atoms with Gasteiger partial charge in [0.05, 0.1) is 6.61 Å². The maximum atomic E-state index is 11.7. The summed E-state index contributed by atoms with van der Waals surface area (Å²) >= 11 is 0. The molecule has 1 aliphatic rings. The summed E-state index contributed by atoms with van der Waals surface area (Å²) in [6.45, 7) is 3.62. The summed E-state index contributed by atoms with van der Waals surface area (Å²) in [5, 5.41) is 0. The van der Waals surface area contributed by atoms with Crippen LogP contribution in [0.3, 0.4) is 0 Å². The zero-order valence-corrected chi connectivity index (χ0v) is 11.4. The highest BCUT2D eigenvalue weighted by atomic mass is 16.6. The van der Waals surface area contributed by atoms with Crippen LogP contribution in [0.15, 0.2) is 42.2 Å². The number of rotatable bonds is 5. The summed E-state index contributed by atoms with van der Waals surface area (Å²) in [5.41, 5.74) is -0.481. The van der Waals surface area contributed by atoms with Crippen LogP contribution in [0, 0.1) is 0 Å². The largest absolute Gasteiger partial charge is 0.482 e. The minimum absolute atomic E-state index is 0.0319. The van der Waals surface area contributed by atoms with Crippen molar-refractivity contribution in [3.05, 3.63) is 47.7 Å². The highest BCUT2D eigenvalue weighted by Gasteiger charge is 2.45. The lowest BCUT2D eigenvalue weighted by atomic mass is 10.1. The molecule has 0 N–H and O–H groups in total. The molecule has 5 heteroatoms. The average Bonchev–Trinajstić information content (AvgIpc) is 2.74. The minimum Gasteiger partial charge on any atom is -0.482 e. The second kappa shape index (κ2) is 5.77. The fourth-order valence-electron chi connectivity index (χ4n) is 1.79. The summed E-state index contributed by atoms with van der Waals surface area (Å²) in [5.74, 6) is -1.23. The Bertz CT molecular complexity index is 534. The van der Waals surface area contributed by atoms with Crippen molar-refractivity contribution in [2.75, 3.05) is 6.61 Å². The number of esters is 2. The molecule has 0 saturated heterocycles. The van der Waals surface area contributed by atoms with E-state index in [0.29, 0.717) is 0 Å². The molecule has 0 amide bonds.